The Labute approximate surface area is 134 Å². The van der Waals surface area contributed by atoms with Crippen LogP contribution in [0.1, 0.15) is 11.3 Å². The molecule has 4 rings (SSSR count). The summed E-state index contributed by atoms with van der Waals surface area (Å²) in [5, 5.41) is 5.14. The summed E-state index contributed by atoms with van der Waals surface area (Å²) in [4.78, 5) is 17.3. The largest absolute Gasteiger partial charge is 0.497 e. The Hall–Kier alpha value is -2.31. The van der Waals surface area contributed by atoms with Crippen LogP contribution in [0.4, 0.5) is 5.69 Å². The van der Waals surface area contributed by atoms with Crippen LogP contribution in [-0.4, -0.2) is 22.4 Å². The maximum atomic E-state index is 12.3. The van der Waals surface area contributed by atoms with Gasteiger partial charge in [0, 0.05) is 22.8 Å². The minimum absolute atomic E-state index is 0.163. The number of hydrogen-bond acceptors (Lipinski definition) is 4. The average molecular weight is 332 g/mol. The van der Waals surface area contributed by atoms with Crippen LogP contribution >= 0.6 is 22.9 Å². The number of carbonyl (C=O) groups is 1. The van der Waals surface area contributed by atoms with Gasteiger partial charge in [-0.3, -0.25) is 9.20 Å². The summed E-state index contributed by atoms with van der Waals surface area (Å²) < 4.78 is 7.10. The van der Waals surface area contributed by atoms with E-state index in [2.05, 4.69) is 10.3 Å². The highest BCUT2D eigenvalue weighted by Crippen LogP contribution is 2.36. The van der Waals surface area contributed by atoms with E-state index in [1.165, 1.54) is 11.3 Å². The lowest BCUT2D eigenvalue weighted by Gasteiger charge is -2.03. The maximum absolute atomic E-state index is 12.3. The molecule has 0 spiro atoms. The van der Waals surface area contributed by atoms with Crippen molar-refractivity contribution in [2.45, 2.75) is 0 Å². The van der Waals surface area contributed by atoms with Gasteiger partial charge in [-0.15, -0.1) is 11.3 Å². The van der Waals surface area contributed by atoms with E-state index in [4.69, 9.17) is 16.3 Å². The van der Waals surface area contributed by atoms with Crippen molar-refractivity contribution < 1.29 is 9.53 Å². The van der Waals surface area contributed by atoms with Gasteiger partial charge >= 0.3 is 0 Å². The number of imidazole rings is 1. The zero-order chi connectivity index (χ0) is 15.3. The third-order valence-corrected chi connectivity index (χ3v) is 4.58. The number of ether oxygens (including phenoxy) is 1. The number of benzene rings is 1. The minimum atomic E-state index is -0.163. The Bertz CT molecular complexity index is 942. The number of carbonyl (C=O) groups excluding carboxylic acids is 1. The quantitative estimate of drug-likeness (QED) is 0.731. The average Bonchev–Trinajstić information content (AvgIpc) is 3.15. The molecule has 0 unspecified atom stereocenters. The molecule has 1 amide bonds. The van der Waals surface area contributed by atoms with Crippen LogP contribution in [0.2, 0.25) is 5.15 Å². The van der Waals surface area contributed by atoms with Crippen LogP contribution in [0, 0.1) is 0 Å². The molecule has 1 aliphatic rings. The van der Waals surface area contributed by atoms with Crippen LogP contribution in [-0.2, 0) is 4.79 Å². The normalized spacial score (nSPS) is 15.4. The molecule has 0 bridgehead atoms. The van der Waals surface area contributed by atoms with Gasteiger partial charge in [0.15, 0.2) is 10.1 Å². The molecule has 1 N–H and O–H groups in total. The van der Waals surface area contributed by atoms with E-state index in [1.54, 1.807) is 13.2 Å². The number of nitrogens with zero attached hydrogens (tertiary/aromatic N) is 2. The third-order valence-electron chi connectivity index (χ3n) is 3.54. The first-order chi connectivity index (χ1) is 10.7. The number of nitrogens with one attached hydrogen (secondary N) is 1. The van der Waals surface area contributed by atoms with Crippen molar-refractivity contribution >= 4 is 51.1 Å². The number of fused-ring (bicyclic) bond motifs is 2. The third kappa shape index (κ3) is 1.92. The highest BCUT2D eigenvalue weighted by Gasteiger charge is 2.25. The number of halogens is 1. The van der Waals surface area contributed by atoms with Crippen LogP contribution < -0.4 is 10.1 Å². The second-order valence-corrected chi connectivity index (χ2v) is 6.00. The lowest BCUT2D eigenvalue weighted by molar-refractivity contribution is -0.110. The van der Waals surface area contributed by atoms with Gasteiger partial charge < -0.3 is 10.1 Å². The first-order valence-corrected chi connectivity index (χ1v) is 7.75. The minimum Gasteiger partial charge on any atom is -0.497 e. The SMILES string of the molecule is COc1ccc2c(c1)/C(=C\c1c(Cl)nc3sccn13)C(=O)N2. The van der Waals surface area contributed by atoms with E-state index in [0.29, 0.717) is 22.2 Å². The first-order valence-electron chi connectivity index (χ1n) is 6.50. The fourth-order valence-electron chi connectivity index (χ4n) is 2.48. The maximum Gasteiger partial charge on any atom is 0.256 e. The van der Waals surface area contributed by atoms with Gasteiger partial charge in [-0.2, -0.15) is 0 Å². The highest BCUT2D eigenvalue weighted by atomic mass is 35.5. The second kappa shape index (κ2) is 4.86. The van der Waals surface area contributed by atoms with Crippen molar-refractivity contribution in [2.75, 3.05) is 12.4 Å². The fraction of sp³-hybridized carbons (Fsp3) is 0.0667. The molecule has 1 aromatic carbocycles. The smallest absolute Gasteiger partial charge is 0.256 e. The topological polar surface area (TPSA) is 55.6 Å². The van der Waals surface area contributed by atoms with E-state index in [1.807, 2.05) is 34.2 Å². The lowest BCUT2D eigenvalue weighted by atomic mass is 10.1. The summed E-state index contributed by atoms with van der Waals surface area (Å²) in [6, 6.07) is 5.47. The van der Waals surface area contributed by atoms with E-state index in [-0.39, 0.29) is 5.91 Å². The Balaban J connectivity index is 1.91. The molecule has 22 heavy (non-hydrogen) atoms. The van der Waals surface area contributed by atoms with Gasteiger partial charge in [0.25, 0.3) is 5.91 Å². The predicted molar refractivity (Wildman–Crippen MR) is 87.6 cm³/mol. The highest BCUT2D eigenvalue weighted by molar-refractivity contribution is 7.15. The van der Waals surface area contributed by atoms with Crippen molar-refractivity contribution in [3.05, 3.63) is 46.2 Å². The molecule has 0 atom stereocenters. The van der Waals surface area contributed by atoms with Gasteiger partial charge in [-0.25, -0.2) is 4.98 Å². The summed E-state index contributed by atoms with van der Waals surface area (Å²) >= 11 is 7.68. The lowest BCUT2D eigenvalue weighted by Crippen LogP contribution is -2.03. The standard InChI is InChI=1S/C15H10ClN3O2S/c1-21-8-2-3-11-9(6-8)10(14(20)17-11)7-12-13(16)18-15-19(12)4-5-22-15/h2-7H,1H3,(H,17,20)/b10-7+. The van der Waals surface area contributed by atoms with Gasteiger partial charge in [0.05, 0.1) is 18.4 Å². The van der Waals surface area contributed by atoms with Gasteiger partial charge in [-0.05, 0) is 24.3 Å². The summed E-state index contributed by atoms with van der Waals surface area (Å²) in [7, 11) is 1.60. The molecule has 3 aromatic rings. The van der Waals surface area contributed by atoms with E-state index < -0.39 is 0 Å². The zero-order valence-corrected chi connectivity index (χ0v) is 13.0. The predicted octanol–water partition coefficient (Wildman–Crippen LogP) is 3.55. The number of amides is 1. The zero-order valence-electron chi connectivity index (χ0n) is 11.5. The van der Waals surface area contributed by atoms with Crippen molar-refractivity contribution in [3.8, 4) is 5.75 Å². The van der Waals surface area contributed by atoms with Gasteiger partial charge in [0.1, 0.15) is 5.75 Å². The molecule has 1 aliphatic heterocycles. The molecule has 0 saturated carbocycles. The summed E-state index contributed by atoms with van der Waals surface area (Å²) in [6.07, 6.45) is 3.64. The van der Waals surface area contributed by atoms with Crippen LogP contribution in [0.5, 0.6) is 5.75 Å². The Morgan fingerprint density at radius 3 is 3.14 bits per heavy atom. The number of aromatic nitrogens is 2. The fourth-order valence-corrected chi connectivity index (χ4v) is 3.48. The molecule has 0 fully saturated rings. The summed E-state index contributed by atoms with van der Waals surface area (Å²) in [5.74, 6) is 0.533. The molecule has 0 radical (unpaired) electrons. The Morgan fingerprint density at radius 2 is 2.32 bits per heavy atom. The molecule has 3 heterocycles. The molecule has 2 aromatic heterocycles. The summed E-state index contributed by atoms with van der Waals surface area (Å²) in [6.45, 7) is 0. The number of methoxy groups -OCH3 is 1. The molecule has 0 aliphatic carbocycles. The monoisotopic (exact) mass is 331 g/mol. The second-order valence-electron chi connectivity index (χ2n) is 4.77. The summed E-state index contributed by atoms with van der Waals surface area (Å²) in [5.41, 5.74) is 2.80. The number of anilines is 1. The molecular formula is C15H10ClN3O2S. The number of rotatable bonds is 2. The number of thiazole rings is 1. The Morgan fingerprint density at radius 1 is 1.45 bits per heavy atom. The van der Waals surface area contributed by atoms with E-state index >= 15 is 0 Å². The number of hydrogen-bond donors (Lipinski definition) is 1. The van der Waals surface area contributed by atoms with Crippen molar-refractivity contribution in [1.29, 1.82) is 0 Å². The van der Waals surface area contributed by atoms with Crippen molar-refractivity contribution in [1.82, 2.24) is 9.38 Å². The molecule has 0 saturated heterocycles. The molecule has 5 nitrogen and oxygen atoms in total. The molecule has 110 valence electrons. The first kappa shape index (κ1) is 13.4. The molecule has 7 heteroatoms. The molecular weight excluding hydrogens is 322 g/mol. The Kier molecular flexibility index (Phi) is 2.95. The van der Waals surface area contributed by atoms with E-state index in [0.717, 1.165) is 16.2 Å². The van der Waals surface area contributed by atoms with Crippen LogP contribution in [0.3, 0.4) is 0 Å². The van der Waals surface area contributed by atoms with E-state index in [9.17, 15) is 4.79 Å². The van der Waals surface area contributed by atoms with Gasteiger partial charge in [-0.1, -0.05) is 11.6 Å². The van der Waals surface area contributed by atoms with Crippen molar-refractivity contribution in [3.63, 3.8) is 0 Å². The van der Waals surface area contributed by atoms with Crippen LogP contribution in [0.15, 0.2) is 29.8 Å². The van der Waals surface area contributed by atoms with Crippen molar-refractivity contribution in [2.24, 2.45) is 0 Å². The van der Waals surface area contributed by atoms with Gasteiger partial charge in [0.2, 0.25) is 0 Å². The van der Waals surface area contributed by atoms with Crippen LogP contribution in [0.25, 0.3) is 16.6 Å².